The largest absolute Gasteiger partial charge is 0.456 e. The molecule has 6 nitrogen and oxygen atoms in total. The summed E-state index contributed by atoms with van der Waals surface area (Å²) in [5.41, 5.74) is 9.92. The Morgan fingerprint density at radius 1 is 0.451 bits per heavy atom. The Hall–Kier alpha value is -6.92. The Bertz CT molecular complexity index is 3070. The third kappa shape index (κ3) is 4.30. The van der Waals surface area contributed by atoms with E-state index in [1.165, 1.54) is 0 Å². The second-order valence-electron chi connectivity index (χ2n) is 12.9. The topological polar surface area (TPSA) is 76.2 Å². The summed E-state index contributed by atoms with van der Waals surface area (Å²) in [7, 11) is 0. The van der Waals surface area contributed by atoms with Crippen LogP contribution in [0.2, 0.25) is 0 Å². The molecule has 0 radical (unpaired) electrons. The van der Waals surface area contributed by atoms with E-state index in [-0.39, 0.29) is 0 Å². The van der Waals surface area contributed by atoms with Crippen LogP contribution in [-0.4, -0.2) is 11.7 Å². The van der Waals surface area contributed by atoms with Gasteiger partial charge in [0.1, 0.15) is 45.5 Å². The first kappa shape index (κ1) is 28.0. The van der Waals surface area contributed by atoms with Gasteiger partial charge in [0.2, 0.25) is 0 Å². The second-order valence-corrected chi connectivity index (χ2v) is 12.9. The molecule has 1 N–H and O–H groups in total. The van der Waals surface area contributed by atoms with E-state index >= 15 is 0 Å². The van der Waals surface area contributed by atoms with E-state index < -0.39 is 6.17 Å². The molecule has 7 aromatic carbocycles. The zero-order valence-electron chi connectivity index (χ0n) is 27.1. The van der Waals surface area contributed by atoms with Crippen LogP contribution < -0.4 is 5.32 Å². The highest BCUT2D eigenvalue weighted by molar-refractivity contribution is 6.26. The van der Waals surface area contributed by atoms with Crippen molar-refractivity contribution in [1.82, 2.24) is 5.32 Å². The molecule has 1 unspecified atom stereocenters. The van der Waals surface area contributed by atoms with Crippen LogP contribution in [0.15, 0.2) is 175 Å². The molecule has 0 aliphatic carbocycles. The minimum Gasteiger partial charge on any atom is -0.456 e. The van der Waals surface area contributed by atoms with Crippen molar-refractivity contribution in [3.8, 4) is 11.1 Å². The van der Waals surface area contributed by atoms with Crippen LogP contribution in [0, 0.1) is 0 Å². The molecule has 0 saturated carbocycles. The average Bonchev–Trinajstić information content (AvgIpc) is 3.88. The highest BCUT2D eigenvalue weighted by Crippen LogP contribution is 2.43. The van der Waals surface area contributed by atoms with Crippen molar-refractivity contribution in [2.24, 2.45) is 9.98 Å². The Morgan fingerprint density at radius 3 is 1.82 bits per heavy atom. The Kier molecular flexibility index (Phi) is 5.92. The molecule has 0 saturated heterocycles. The van der Waals surface area contributed by atoms with Gasteiger partial charge in [0.25, 0.3) is 0 Å². The van der Waals surface area contributed by atoms with Crippen molar-refractivity contribution >= 4 is 77.5 Å². The van der Waals surface area contributed by atoms with Gasteiger partial charge < -0.3 is 18.6 Å². The van der Waals surface area contributed by atoms with Gasteiger partial charge in [0.05, 0.1) is 0 Å². The van der Waals surface area contributed by atoms with E-state index in [0.29, 0.717) is 11.7 Å². The van der Waals surface area contributed by atoms with Crippen molar-refractivity contribution < 1.29 is 13.3 Å². The number of hydrogen-bond acceptors (Lipinski definition) is 6. The predicted molar refractivity (Wildman–Crippen MR) is 206 cm³/mol. The Labute approximate surface area is 291 Å². The van der Waals surface area contributed by atoms with E-state index in [0.717, 1.165) is 93.6 Å². The Balaban J connectivity index is 1.21. The number of benzene rings is 7. The van der Waals surface area contributed by atoms with Crippen LogP contribution in [0.4, 0.5) is 0 Å². The van der Waals surface area contributed by atoms with Gasteiger partial charge in [0.15, 0.2) is 5.84 Å². The number of nitrogens with zero attached hydrogens (tertiary/aromatic N) is 2. The number of furan rings is 3. The lowest BCUT2D eigenvalue weighted by atomic mass is 9.91. The second kappa shape index (κ2) is 10.8. The van der Waals surface area contributed by atoms with E-state index in [2.05, 4.69) is 78.1 Å². The summed E-state index contributed by atoms with van der Waals surface area (Å²) in [6.07, 6.45) is -0.391. The maximum Gasteiger partial charge on any atom is 0.159 e. The molecule has 0 spiro atoms. The van der Waals surface area contributed by atoms with Gasteiger partial charge in [-0.2, -0.15) is 0 Å². The third-order valence-corrected chi connectivity index (χ3v) is 9.97. The van der Waals surface area contributed by atoms with E-state index in [9.17, 15) is 0 Å². The number of rotatable bonds is 4. The number of amidine groups is 2. The minimum atomic E-state index is -0.391. The molecule has 51 heavy (non-hydrogen) atoms. The summed E-state index contributed by atoms with van der Waals surface area (Å²) in [5.74, 6) is 1.34. The lowest BCUT2D eigenvalue weighted by molar-refractivity contribution is 0.667. The molecule has 1 atom stereocenters. The van der Waals surface area contributed by atoms with Crippen LogP contribution in [-0.2, 0) is 0 Å². The molecule has 240 valence electrons. The van der Waals surface area contributed by atoms with Gasteiger partial charge in [0, 0.05) is 43.4 Å². The molecule has 0 amide bonds. The fourth-order valence-electron chi connectivity index (χ4n) is 7.66. The molecule has 1 aliphatic rings. The molecule has 11 rings (SSSR count). The molecule has 0 fully saturated rings. The van der Waals surface area contributed by atoms with Gasteiger partial charge in [-0.15, -0.1) is 0 Å². The SMILES string of the molecule is c1ccc(C2N=C(c3ccc4oc5ccccc5c4c3)N=C(c3c(-c4cccc5oc6ccccc6c45)ccc4oc5ccccc5c34)N2)cc1. The van der Waals surface area contributed by atoms with E-state index in [4.69, 9.17) is 23.2 Å². The van der Waals surface area contributed by atoms with Crippen LogP contribution in [0.5, 0.6) is 0 Å². The predicted octanol–water partition coefficient (Wildman–Crippen LogP) is 11.5. The third-order valence-electron chi connectivity index (χ3n) is 9.97. The monoisotopic (exact) mass is 657 g/mol. The fourth-order valence-corrected chi connectivity index (χ4v) is 7.66. The minimum absolute atomic E-state index is 0.391. The van der Waals surface area contributed by atoms with Gasteiger partial charge in [-0.25, -0.2) is 9.98 Å². The lowest BCUT2D eigenvalue weighted by Crippen LogP contribution is -2.34. The van der Waals surface area contributed by atoms with Gasteiger partial charge in [-0.1, -0.05) is 97.1 Å². The number of fused-ring (bicyclic) bond motifs is 9. The first-order chi connectivity index (χ1) is 25.3. The first-order valence-corrected chi connectivity index (χ1v) is 17.0. The van der Waals surface area contributed by atoms with Crippen LogP contribution >= 0.6 is 0 Å². The number of hydrogen-bond donors (Lipinski definition) is 1. The van der Waals surface area contributed by atoms with Gasteiger partial charge >= 0.3 is 0 Å². The van der Waals surface area contributed by atoms with Crippen molar-refractivity contribution in [1.29, 1.82) is 0 Å². The highest BCUT2D eigenvalue weighted by Gasteiger charge is 2.28. The normalized spacial score (nSPS) is 14.9. The molecule has 0 bridgehead atoms. The van der Waals surface area contributed by atoms with E-state index in [1.54, 1.807) is 0 Å². The first-order valence-electron chi connectivity index (χ1n) is 17.0. The molecule has 6 heteroatoms. The van der Waals surface area contributed by atoms with Crippen LogP contribution in [0.1, 0.15) is 22.9 Å². The van der Waals surface area contributed by atoms with Crippen LogP contribution in [0.25, 0.3) is 76.9 Å². The zero-order chi connectivity index (χ0) is 33.5. The number of para-hydroxylation sites is 3. The molecule has 3 aromatic heterocycles. The molecule has 10 aromatic rings. The van der Waals surface area contributed by atoms with E-state index in [1.807, 2.05) is 78.9 Å². The lowest BCUT2D eigenvalue weighted by Gasteiger charge is -2.25. The summed E-state index contributed by atoms with van der Waals surface area (Å²) < 4.78 is 19.0. The quantitative estimate of drug-likeness (QED) is 0.204. The molecule has 1 aliphatic heterocycles. The highest BCUT2D eigenvalue weighted by atomic mass is 16.3. The Morgan fingerprint density at radius 2 is 1.04 bits per heavy atom. The van der Waals surface area contributed by atoms with Crippen molar-refractivity contribution in [3.63, 3.8) is 0 Å². The van der Waals surface area contributed by atoms with Crippen LogP contribution in [0.3, 0.4) is 0 Å². The maximum absolute atomic E-state index is 6.48. The summed E-state index contributed by atoms with van der Waals surface area (Å²) >= 11 is 0. The fraction of sp³-hybridized carbons (Fsp3) is 0.0222. The van der Waals surface area contributed by atoms with Gasteiger partial charge in [-0.05, 0) is 71.3 Å². The zero-order valence-corrected chi connectivity index (χ0v) is 27.1. The van der Waals surface area contributed by atoms with Crippen molar-refractivity contribution in [2.45, 2.75) is 6.17 Å². The van der Waals surface area contributed by atoms with Crippen molar-refractivity contribution in [3.05, 3.63) is 168 Å². The summed E-state index contributed by atoms with van der Waals surface area (Å²) in [6, 6.07) is 51.5. The standard InChI is InChI=1S/C45H27N3O3/c1-2-11-26(12-3-1)43-46-44(27-21-23-37-33(25-27)28-13-4-7-17-34(28)49-37)48-45(47-43)42-30(22-24-39-41(42)32-15-6-9-19-36(32)51-39)29-16-10-20-38-40(29)31-14-5-8-18-35(31)50-38/h1-25,43H,(H,46,47,48). The average molecular weight is 658 g/mol. The smallest absolute Gasteiger partial charge is 0.159 e. The van der Waals surface area contributed by atoms with Gasteiger partial charge in [-0.3, -0.25) is 0 Å². The van der Waals surface area contributed by atoms with Crippen molar-refractivity contribution in [2.75, 3.05) is 0 Å². The summed E-state index contributed by atoms with van der Waals surface area (Å²) in [4.78, 5) is 10.6. The molecule has 4 heterocycles. The number of nitrogens with one attached hydrogen (secondary N) is 1. The molecular formula is C45H27N3O3. The number of aliphatic imine (C=N–C) groups is 2. The maximum atomic E-state index is 6.48. The summed E-state index contributed by atoms with van der Waals surface area (Å²) in [6.45, 7) is 0. The summed E-state index contributed by atoms with van der Waals surface area (Å²) in [5, 5.41) is 9.98. The molecular weight excluding hydrogens is 631 g/mol.